The van der Waals surface area contributed by atoms with Crippen molar-refractivity contribution in [2.45, 2.75) is 38.6 Å². The number of aryl methyl sites for hydroxylation is 2. The van der Waals surface area contributed by atoms with Crippen LogP contribution < -0.4 is 4.90 Å². The van der Waals surface area contributed by atoms with Crippen LogP contribution in [-0.2, 0) is 11.8 Å². The molecule has 0 spiro atoms. The number of hydrogen-bond acceptors (Lipinski definition) is 5. The summed E-state index contributed by atoms with van der Waals surface area (Å²) in [6, 6.07) is 0.0274. The van der Waals surface area contributed by atoms with Crippen molar-refractivity contribution in [1.82, 2.24) is 9.78 Å². The third-order valence-electron chi connectivity index (χ3n) is 3.69. The molecule has 0 saturated heterocycles. The highest BCUT2D eigenvalue weighted by Crippen LogP contribution is 2.35. The summed E-state index contributed by atoms with van der Waals surface area (Å²) in [7, 11) is 1.61. The van der Waals surface area contributed by atoms with E-state index in [9.17, 15) is 14.9 Å². The molecule has 1 aliphatic rings. The van der Waals surface area contributed by atoms with Gasteiger partial charge in [-0.1, -0.05) is 12.8 Å². The molecule has 110 valence electrons. The van der Waals surface area contributed by atoms with Crippen molar-refractivity contribution in [3.63, 3.8) is 0 Å². The second-order valence-electron chi connectivity index (χ2n) is 5.10. The highest BCUT2D eigenvalue weighted by molar-refractivity contribution is 5.75. The van der Waals surface area contributed by atoms with Crippen molar-refractivity contribution in [2.75, 3.05) is 11.4 Å². The molecule has 0 atom stereocenters. The van der Waals surface area contributed by atoms with Gasteiger partial charge in [-0.15, -0.1) is 0 Å². The average Bonchev–Trinajstić information content (AvgIpc) is 2.93. The predicted octanol–water partition coefficient (Wildman–Crippen LogP) is 1.47. The topological polar surface area (TPSA) is 102 Å². The van der Waals surface area contributed by atoms with Crippen LogP contribution in [0.5, 0.6) is 0 Å². The molecule has 20 heavy (non-hydrogen) atoms. The van der Waals surface area contributed by atoms with Crippen molar-refractivity contribution < 1.29 is 14.8 Å². The summed E-state index contributed by atoms with van der Waals surface area (Å²) in [6.45, 7) is 1.32. The van der Waals surface area contributed by atoms with Crippen molar-refractivity contribution in [2.24, 2.45) is 7.05 Å². The number of anilines is 1. The Bertz CT molecular complexity index is 534. The second-order valence-corrected chi connectivity index (χ2v) is 5.10. The Morgan fingerprint density at radius 2 is 2.15 bits per heavy atom. The van der Waals surface area contributed by atoms with Crippen molar-refractivity contribution in [3.8, 4) is 0 Å². The van der Waals surface area contributed by atoms with Crippen LogP contribution >= 0.6 is 0 Å². The van der Waals surface area contributed by atoms with Crippen LogP contribution in [-0.4, -0.2) is 38.4 Å². The molecule has 1 aliphatic carbocycles. The van der Waals surface area contributed by atoms with E-state index in [1.807, 2.05) is 0 Å². The molecule has 1 saturated carbocycles. The quantitative estimate of drug-likeness (QED) is 0.648. The summed E-state index contributed by atoms with van der Waals surface area (Å²) in [6.07, 6.45) is 3.75. The van der Waals surface area contributed by atoms with Gasteiger partial charge in [0.05, 0.1) is 4.92 Å². The van der Waals surface area contributed by atoms with Crippen molar-refractivity contribution >= 4 is 17.5 Å². The first-order chi connectivity index (χ1) is 9.41. The molecule has 0 bridgehead atoms. The number of aliphatic carboxylic acids is 1. The highest BCUT2D eigenvalue weighted by Gasteiger charge is 2.34. The minimum Gasteiger partial charge on any atom is -0.480 e. The highest BCUT2D eigenvalue weighted by atomic mass is 16.6. The molecule has 1 aromatic heterocycles. The Morgan fingerprint density at radius 3 is 2.65 bits per heavy atom. The standard InChI is InChI=1S/C12H18N4O4/c1-8-11(16(19)20)12(14(2)13-8)15(7-10(17)18)9-5-3-4-6-9/h9H,3-7H2,1-2H3,(H,17,18). The lowest BCUT2D eigenvalue weighted by atomic mass is 10.2. The third kappa shape index (κ3) is 2.59. The van der Waals surface area contributed by atoms with E-state index in [1.165, 1.54) is 4.68 Å². The zero-order valence-electron chi connectivity index (χ0n) is 11.6. The number of carboxylic acids is 1. The number of carboxylic acid groups (broad SMARTS) is 1. The molecule has 1 N–H and O–H groups in total. The first-order valence-corrected chi connectivity index (χ1v) is 6.58. The van der Waals surface area contributed by atoms with Crippen LogP contribution in [0.15, 0.2) is 0 Å². The van der Waals surface area contributed by atoms with E-state index in [4.69, 9.17) is 5.11 Å². The lowest BCUT2D eigenvalue weighted by Gasteiger charge is -2.28. The van der Waals surface area contributed by atoms with Gasteiger partial charge in [0.25, 0.3) is 0 Å². The number of nitrogens with zero attached hydrogens (tertiary/aromatic N) is 4. The van der Waals surface area contributed by atoms with E-state index in [0.29, 0.717) is 11.5 Å². The fourth-order valence-electron chi connectivity index (χ4n) is 2.91. The second kappa shape index (κ2) is 5.48. The number of rotatable bonds is 5. The van der Waals surface area contributed by atoms with Gasteiger partial charge in [-0.05, 0) is 19.8 Å². The summed E-state index contributed by atoms with van der Waals surface area (Å²) in [4.78, 5) is 23.5. The summed E-state index contributed by atoms with van der Waals surface area (Å²) >= 11 is 0. The van der Waals surface area contributed by atoms with Crippen LogP contribution in [0.4, 0.5) is 11.5 Å². The van der Waals surface area contributed by atoms with Gasteiger partial charge < -0.3 is 10.0 Å². The average molecular weight is 282 g/mol. The van der Waals surface area contributed by atoms with Gasteiger partial charge in [0, 0.05) is 13.1 Å². The van der Waals surface area contributed by atoms with Gasteiger partial charge in [0.2, 0.25) is 5.82 Å². The summed E-state index contributed by atoms with van der Waals surface area (Å²) in [5.41, 5.74) is 0.210. The predicted molar refractivity (Wildman–Crippen MR) is 71.8 cm³/mol. The molecule has 1 heterocycles. The lowest BCUT2D eigenvalue weighted by molar-refractivity contribution is -0.384. The maximum atomic E-state index is 11.2. The Hall–Kier alpha value is -2.12. The minimum absolute atomic E-state index is 0.0274. The van der Waals surface area contributed by atoms with E-state index in [2.05, 4.69) is 5.10 Å². The van der Waals surface area contributed by atoms with Gasteiger partial charge in [0.1, 0.15) is 12.2 Å². The van der Waals surface area contributed by atoms with E-state index in [0.717, 1.165) is 25.7 Å². The first kappa shape index (κ1) is 14.3. The molecular weight excluding hydrogens is 264 g/mol. The van der Waals surface area contributed by atoms with E-state index in [1.54, 1.807) is 18.9 Å². The minimum atomic E-state index is -0.995. The Kier molecular flexibility index (Phi) is 3.91. The summed E-state index contributed by atoms with van der Waals surface area (Å²) in [5.74, 6) is -0.702. The molecule has 8 nitrogen and oxygen atoms in total. The van der Waals surface area contributed by atoms with Crippen LogP contribution in [0.1, 0.15) is 31.4 Å². The SMILES string of the molecule is Cc1nn(C)c(N(CC(=O)O)C2CCCC2)c1[N+](=O)[O-]. The van der Waals surface area contributed by atoms with Gasteiger partial charge in [0.15, 0.2) is 0 Å². The number of nitro groups is 1. The molecule has 1 aromatic rings. The Balaban J connectivity index is 2.47. The monoisotopic (exact) mass is 282 g/mol. The fourth-order valence-corrected chi connectivity index (χ4v) is 2.91. The number of aromatic nitrogens is 2. The molecule has 2 rings (SSSR count). The van der Waals surface area contributed by atoms with Crippen LogP contribution in [0, 0.1) is 17.0 Å². The zero-order valence-corrected chi connectivity index (χ0v) is 11.6. The first-order valence-electron chi connectivity index (χ1n) is 6.58. The largest absolute Gasteiger partial charge is 0.480 e. The Morgan fingerprint density at radius 1 is 1.55 bits per heavy atom. The zero-order chi connectivity index (χ0) is 14.9. The number of carbonyl (C=O) groups is 1. The summed E-state index contributed by atoms with van der Waals surface area (Å²) in [5, 5.41) is 24.4. The maximum Gasteiger partial charge on any atom is 0.333 e. The van der Waals surface area contributed by atoms with Crippen molar-refractivity contribution in [3.05, 3.63) is 15.8 Å². The van der Waals surface area contributed by atoms with Gasteiger partial charge in [-0.2, -0.15) is 5.10 Å². The van der Waals surface area contributed by atoms with Gasteiger partial charge >= 0.3 is 11.7 Å². The number of hydrogen-bond donors (Lipinski definition) is 1. The molecule has 0 unspecified atom stereocenters. The molecule has 0 amide bonds. The third-order valence-corrected chi connectivity index (χ3v) is 3.69. The van der Waals surface area contributed by atoms with E-state index < -0.39 is 10.9 Å². The van der Waals surface area contributed by atoms with Crippen LogP contribution in [0.25, 0.3) is 0 Å². The van der Waals surface area contributed by atoms with E-state index in [-0.39, 0.29) is 18.3 Å². The molecule has 1 fully saturated rings. The molecule has 8 heteroatoms. The van der Waals surface area contributed by atoms with Gasteiger partial charge in [-0.3, -0.25) is 14.9 Å². The van der Waals surface area contributed by atoms with Crippen molar-refractivity contribution in [1.29, 1.82) is 0 Å². The molecule has 0 radical (unpaired) electrons. The summed E-state index contributed by atoms with van der Waals surface area (Å²) < 4.78 is 1.41. The maximum absolute atomic E-state index is 11.2. The molecular formula is C12H18N4O4. The fraction of sp³-hybridized carbons (Fsp3) is 0.667. The van der Waals surface area contributed by atoms with Crippen LogP contribution in [0.3, 0.4) is 0 Å². The van der Waals surface area contributed by atoms with Crippen LogP contribution in [0.2, 0.25) is 0 Å². The molecule has 0 aliphatic heterocycles. The lowest BCUT2D eigenvalue weighted by Crippen LogP contribution is -2.39. The molecule has 0 aromatic carbocycles. The van der Waals surface area contributed by atoms with Gasteiger partial charge in [-0.25, -0.2) is 4.68 Å². The Labute approximate surface area is 116 Å². The van der Waals surface area contributed by atoms with E-state index >= 15 is 0 Å². The smallest absolute Gasteiger partial charge is 0.333 e. The normalized spacial score (nSPS) is 15.5.